The van der Waals surface area contributed by atoms with Crippen molar-refractivity contribution in [2.24, 2.45) is 0 Å². The van der Waals surface area contributed by atoms with Gasteiger partial charge in [-0.3, -0.25) is 4.79 Å². The first-order valence-corrected chi connectivity index (χ1v) is 6.84. The molecule has 2 aromatic carbocycles. The smallest absolute Gasteiger partial charge is 0.344 e. The van der Waals surface area contributed by atoms with Gasteiger partial charge in [0.1, 0.15) is 5.75 Å². The van der Waals surface area contributed by atoms with Gasteiger partial charge in [-0.05, 0) is 25.1 Å². The van der Waals surface area contributed by atoms with E-state index in [1.165, 1.54) is 13.0 Å². The first-order valence-electron chi connectivity index (χ1n) is 6.84. The maximum absolute atomic E-state index is 12.0. The number of ether oxygens (including phenoxy) is 1. The first kappa shape index (κ1) is 15.5. The zero-order chi connectivity index (χ0) is 15.9. The second-order valence-corrected chi connectivity index (χ2v) is 4.70. The quantitative estimate of drug-likeness (QED) is 0.655. The predicted octanol–water partition coefficient (Wildman–Crippen LogP) is 3.43. The molecule has 0 radical (unpaired) electrons. The first-order chi connectivity index (χ1) is 10.6. The van der Waals surface area contributed by atoms with E-state index in [-0.39, 0.29) is 5.78 Å². The fraction of sp³-hybridized carbons (Fsp3) is 0.111. The largest absolute Gasteiger partial charge is 0.479 e. The number of carboxylic acids is 1. The highest BCUT2D eigenvalue weighted by Gasteiger charge is 2.13. The van der Waals surface area contributed by atoms with Crippen LogP contribution in [0.1, 0.15) is 22.8 Å². The van der Waals surface area contributed by atoms with Crippen molar-refractivity contribution in [1.82, 2.24) is 0 Å². The minimum atomic E-state index is -1.04. The summed E-state index contributed by atoms with van der Waals surface area (Å²) in [5.74, 6) is -0.740. The second kappa shape index (κ2) is 7.22. The van der Waals surface area contributed by atoms with Crippen LogP contribution in [-0.4, -0.2) is 23.0 Å². The molecule has 1 atom stereocenters. The normalized spacial score (nSPS) is 12.0. The Kier molecular flexibility index (Phi) is 5.09. The molecule has 2 rings (SSSR count). The molecule has 0 aliphatic carbocycles. The molecule has 0 saturated heterocycles. The number of hydrogen-bond acceptors (Lipinski definition) is 3. The molecule has 1 unspecified atom stereocenters. The van der Waals surface area contributed by atoms with Crippen LogP contribution in [0.15, 0.2) is 60.7 Å². The van der Waals surface area contributed by atoms with Crippen LogP contribution in [0.5, 0.6) is 5.75 Å². The van der Waals surface area contributed by atoms with Gasteiger partial charge in [0.25, 0.3) is 0 Å². The number of aliphatic carboxylic acids is 1. The van der Waals surface area contributed by atoms with E-state index in [2.05, 4.69) is 0 Å². The summed E-state index contributed by atoms with van der Waals surface area (Å²) in [6.07, 6.45) is 2.11. The van der Waals surface area contributed by atoms with Crippen LogP contribution in [0.2, 0.25) is 0 Å². The second-order valence-electron chi connectivity index (χ2n) is 4.70. The van der Waals surface area contributed by atoms with Crippen LogP contribution in [0.4, 0.5) is 0 Å². The molecular weight excluding hydrogens is 280 g/mol. The highest BCUT2D eigenvalue weighted by Crippen LogP contribution is 2.21. The van der Waals surface area contributed by atoms with Gasteiger partial charge in [0.05, 0.1) is 0 Å². The summed E-state index contributed by atoms with van der Waals surface area (Å²) >= 11 is 0. The van der Waals surface area contributed by atoms with E-state index in [9.17, 15) is 9.59 Å². The fourth-order valence-electron chi connectivity index (χ4n) is 1.83. The van der Waals surface area contributed by atoms with Gasteiger partial charge in [-0.2, -0.15) is 0 Å². The lowest BCUT2D eigenvalue weighted by Gasteiger charge is -2.12. The van der Waals surface area contributed by atoms with Crippen LogP contribution in [0.3, 0.4) is 0 Å². The Hall–Kier alpha value is -2.88. The molecule has 2 aromatic rings. The summed E-state index contributed by atoms with van der Waals surface area (Å²) in [7, 11) is 0. The molecule has 1 N–H and O–H groups in total. The monoisotopic (exact) mass is 296 g/mol. The van der Waals surface area contributed by atoms with E-state index in [0.29, 0.717) is 16.9 Å². The van der Waals surface area contributed by atoms with Gasteiger partial charge in [-0.1, -0.05) is 48.5 Å². The maximum Gasteiger partial charge on any atom is 0.344 e. The van der Waals surface area contributed by atoms with Crippen LogP contribution >= 0.6 is 0 Å². The van der Waals surface area contributed by atoms with Crippen molar-refractivity contribution in [2.75, 3.05) is 0 Å². The Balaban J connectivity index is 2.17. The number of benzene rings is 2. The zero-order valence-corrected chi connectivity index (χ0v) is 12.1. The Morgan fingerprint density at radius 2 is 1.68 bits per heavy atom. The highest BCUT2D eigenvalue weighted by atomic mass is 16.5. The molecule has 0 spiro atoms. The number of para-hydroxylation sites is 1. The molecule has 0 heterocycles. The lowest BCUT2D eigenvalue weighted by atomic mass is 10.1. The number of rotatable bonds is 6. The minimum absolute atomic E-state index is 0.123. The lowest BCUT2D eigenvalue weighted by Crippen LogP contribution is -2.23. The number of hydrogen-bond donors (Lipinski definition) is 1. The van der Waals surface area contributed by atoms with Crippen LogP contribution in [0.25, 0.3) is 6.08 Å². The van der Waals surface area contributed by atoms with Crippen molar-refractivity contribution in [1.29, 1.82) is 0 Å². The molecule has 0 fully saturated rings. The summed E-state index contributed by atoms with van der Waals surface area (Å²) in [5.41, 5.74) is 1.25. The third-order valence-electron chi connectivity index (χ3n) is 3.04. The van der Waals surface area contributed by atoms with Crippen LogP contribution in [0, 0.1) is 0 Å². The molecule has 22 heavy (non-hydrogen) atoms. The topological polar surface area (TPSA) is 63.6 Å². The standard InChI is InChI=1S/C18H16O4/c1-13(18(20)21)22-17-10-6-5-9-15(17)11-12-16(19)14-7-3-2-4-8-14/h2-13H,1H3,(H,20,21). The fourth-order valence-corrected chi connectivity index (χ4v) is 1.83. The Bertz CT molecular complexity index is 689. The SMILES string of the molecule is CC(Oc1ccccc1C=CC(=O)c1ccccc1)C(=O)O. The van der Waals surface area contributed by atoms with Gasteiger partial charge in [0, 0.05) is 11.1 Å². The van der Waals surface area contributed by atoms with E-state index in [0.717, 1.165) is 0 Å². The van der Waals surface area contributed by atoms with Crippen LogP contribution in [-0.2, 0) is 4.79 Å². The average molecular weight is 296 g/mol. The number of allylic oxidation sites excluding steroid dienone is 1. The molecular formula is C18H16O4. The molecule has 0 bridgehead atoms. The lowest BCUT2D eigenvalue weighted by molar-refractivity contribution is -0.144. The molecule has 0 saturated carbocycles. The van der Waals surface area contributed by atoms with E-state index >= 15 is 0 Å². The van der Waals surface area contributed by atoms with Crippen molar-refractivity contribution >= 4 is 17.8 Å². The van der Waals surface area contributed by atoms with Gasteiger partial charge in [-0.25, -0.2) is 4.79 Å². The number of ketones is 1. The van der Waals surface area contributed by atoms with Gasteiger partial charge in [-0.15, -0.1) is 0 Å². The van der Waals surface area contributed by atoms with Crippen molar-refractivity contribution < 1.29 is 19.4 Å². The van der Waals surface area contributed by atoms with Crippen LogP contribution < -0.4 is 4.74 Å². The van der Waals surface area contributed by atoms with E-state index in [1.807, 2.05) is 6.07 Å². The van der Waals surface area contributed by atoms with Gasteiger partial charge in [0.15, 0.2) is 11.9 Å². The van der Waals surface area contributed by atoms with E-state index < -0.39 is 12.1 Å². The third-order valence-corrected chi connectivity index (χ3v) is 3.04. The van der Waals surface area contributed by atoms with Crippen molar-refractivity contribution in [3.63, 3.8) is 0 Å². The van der Waals surface area contributed by atoms with Gasteiger partial charge in [0.2, 0.25) is 0 Å². The molecule has 0 aliphatic rings. The van der Waals surface area contributed by atoms with Crippen molar-refractivity contribution in [3.8, 4) is 5.75 Å². The molecule has 112 valence electrons. The summed E-state index contributed by atoms with van der Waals surface area (Å²) < 4.78 is 5.38. The zero-order valence-electron chi connectivity index (χ0n) is 12.1. The Morgan fingerprint density at radius 1 is 1.05 bits per heavy atom. The van der Waals surface area contributed by atoms with Crippen molar-refractivity contribution in [2.45, 2.75) is 13.0 Å². The molecule has 4 heteroatoms. The van der Waals surface area contributed by atoms with Gasteiger partial charge < -0.3 is 9.84 Å². The van der Waals surface area contributed by atoms with E-state index in [1.54, 1.807) is 54.6 Å². The molecule has 0 amide bonds. The number of carbonyl (C=O) groups excluding carboxylic acids is 1. The summed E-state index contributed by atoms with van der Waals surface area (Å²) in [6, 6.07) is 15.9. The van der Waals surface area contributed by atoms with E-state index in [4.69, 9.17) is 9.84 Å². The maximum atomic E-state index is 12.0. The molecule has 0 aliphatic heterocycles. The summed E-state index contributed by atoms with van der Waals surface area (Å²) in [5, 5.41) is 8.90. The molecule has 0 aromatic heterocycles. The summed E-state index contributed by atoms with van der Waals surface area (Å²) in [4.78, 5) is 22.9. The number of carbonyl (C=O) groups is 2. The minimum Gasteiger partial charge on any atom is -0.479 e. The van der Waals surface area contributed by atoms with Crippen molar-refractivity contribution in [3.05, 3.63) is 71.8 Å². The average Bonchev–Trinajstić information content (AvgIpc) is 2.54. The molecule has 4 nitrogen and oxygen atoms in total. The Morgan fingerprint density at radius 3 is 2.36 bits per heavy atom. The third kappa shape index (κ3) is 4.06. The summed E-state index contributed by atoms with van der Waals surface area (Å²) in [6.45, 7) is 1.46. The predicted molar refractivity (Wildman–Crippen MR) is 84.0 cm³/mol. The van der Waals surface area contributed by atoms with Gasteiger partial charge >= 0.3 is 5.97 Å². The highest BCUT2D eigenvalue weighted by molar-refractivity contribution is 6.06. The number of carboxylic acid groups (broad SMARTS) is 1. The Labute approximate surface area is 128 Å².